The molecule has 1 fully saturated rings. The van der Waals surface area contributed by atoms with Crippen LogP contribution in [0.3, 0.4) is 0 Å². The second-order valence-electron chi connectivity index (χ2n) is 4.84. The van der Waals surface area contributed by atoms with E-state index < -0.39 is 0 Å². The van der Waals surface area contributed by atoms with E-state index in [0.717, 1.165) is 31.7 Å². The topological polar surface area (TPSA) is 15.3 Å². The van der Waals surface area contributed by atoms with Crippen LogP contribution in [0.1, 0.15) is 25.3 Å². The van der Waals surface area contributed by atoms with Crippen LogP contribution >= 0.6 is 11.6 Å². The van der Waals surface area contributed by atoms with Gasteiger partial charge >= 0.3 is 0 Å². The summed E-state index contributed by atoms with van der Waals surface area (Å²) in [6.45, 7) is 6.02. The highest BCUT2D eigenvalue weighted by Gasteiger charge is 2.19. The van der Waals surface area contributed by atoms with Crippen molar-refractivity contribution in [2.45, 2.75) is 32.4 Å². The van der Waals surface area contributed by atoms with E-state index in [2.05, 4.69) is 17.1 Å². The summed E-state index contributed by atoms with van der Waals surface area (Å²) in [6.07, 6.45) is 2.43. The number of benzene rings is 1. The molecule has 1 aliphatic heterocycles. The second-order valence-corrected chi connectivity index (χ2v) is 5.28. The van der Waals surface area contributed by atoms with Crippen molar-refractivity contribution in [3.8, 4) is 0 Å². The maximum atomic E-state index is 13.3. The van der Waals surface area contributed by atoms with Crippen LogP contribution in [0.15, 0.2) is 18.2 Å². The van der Waals surface area contributed by atoms with E-state index in [1.165, 1.54) is 18.9 Å². The van der Waals surface area contributed by atoms with Crippen molar-refractivity contribution in [3.63, 3.8) is 0 Å². The molecule has 0 spiro atoms. The molecule has 2 rings (SSSR count). The number of halogens is 2. The summed E-state index contributed by atoms with van der Waals surface area (Å²) in [4.78, 5) is 2.39. The Morgan fingerprint density at radius 3 is 2.89 bits per heavy atom. The van der Waals surface area contributed by atoms with Gasteiger partial charge in [-0.25, -0.2) is 4.39 Å². The van der Waals surface area contributed by atoms with Gasteiger partial charge in [0.1, 0.15) is 5.82 Å². The van der Waals surface area contributed by atoms with E-state index in [-0.39, 0.29) is 5.82 Å². The molecule has 0 aliphatic carbocycles. The van der Waals surface area contributed by atoms with E-state index in [1.807, 2.05) is 6.07 Å². The molecule has 0 amide bonds. The molecule has 1 aromatic rings. The first-order valence-electron chi connectivity index (χ1n) is 6.58. The van der Waals surface area contributed by atoms with Gasteiger partial charge in [0.2, 0.25) is 0 Å². The standard InChI is InChI=1S/C14H20ClFN2/c1-2-18(14-4-3-5-17-9-14)10-11-6-12(15)8-13(16)7-11/h6-8,14,17H,2-5,9-10H2,1H3. The summed E-state index contributed by atoms with van der Waals surface area (Å²) in [6, 6.07) is 5.32. The van der Waals surface area contributed by atoms with Gasteiger partial charge in [-0.05, 0) is 49.7 Å². The van der Waals surface area contributed by atoms with Gasteiger partial charge in [0.25, 0.3) is 0 Å². The van der Waals surface area contributed by atoms with Gasteiger partial charge in [0, 0.05) is 24.2 Å². The average molecular weight is 271 g/mol. The monoisotopic (exact) mass is 270 g/mol. The summed E-state index contributed by atoms with van der Waals surface area (Å²) >= 11 is 5.89. The SMILES string of the molecule is CCN(Cc1cc(F)cc(Cl)c1)C1CCCNC1. The smallest absolute Gasteiger partial charge is 0.125 e. The van der Waals surface area contributed by atoms with Crippen LogP contribution in [-0.2, 0) is 6.54 Å². The van der Waals surface area contributed by atoms with Crippen molar-refractivity contribution in [3.05, 3.63) is 34.6 Å². The average Bonchev–Trinajstić information content (AvgIpc) is 2.36. The number of hydrogen-bond donors (Lipinski definition) is 1. The first-order chi connectivity index (χ1) is 8.69. The van der Waals surface area contributed by atoms with E-state index in [0.29, 0.717) is 11.1 Å². The summed E-state index contributed by atoms with van der Waals surface area (Å²) in [5, 5.41) is 3.89. The van der Waals surface area contributed by atoms with Crippen molar-refractivity contribution >= 4 is 11.6 Å². The molecular formula is C14H20ClFN2. The fraction of sp³-hybridized carbons (Fsp3) is 0.571. The molecule has 1 saturated heterocycles. The zero-order valence-electron chi connectivity index (χ0n) is 10.8. The Morgan fingerprint density at radius 1 is 1.44 bits per heavy atom. The molecule has 0 radical (unpaired) electrons. The first kappa shape index (κ1) is 13.8. The van der Waals surface area contributed by atoms with Gasteiger partial charge in [0.05, 0.1) is 0 Å². The number of rotatable bonds is 4. The zero-order valence-corrected chi connectivity index (χ0v) is 11.5. The lowest BCUT2D eigenvalue weighted by Gasteiger charge is -2.34. The van der Waals surface area contributed by atoms with Crippen molar-refractivity contribution in [1.82, 2.24) is 10.2 Å². The van der Waals surface area contributed by atoms with Crippen molar-refractivity contribution < 1.29 is 4.39 Å². The Hall–Kier alpha value is -0.640. The number of nitrogens with zero attached hydrogens (tertiary/aromatic N) is 1. The van der Waals surface area contributed by atoms with E-state index >= 15 is 0 Å². The quantitative estimate of drug-likeness (QED) is 0.905. The van der Waals surface area contributed by atoms with Crippen LogP contribution < -0.4 is 5.32 Å². The molecule has 1 N–H and O–H groups in total. The van der Waals surface area contributed by atoms with Crippen LogP contribution in [0.2, 0.25) is 5.02 Å². The molecule has 100 valence electrons. The molecule has 4 heteroatoms. The van der Waals surface area contributed by atoms with Crippen LogP contribution in [0.4, 0.5) is 4.39 Å². The normalized spacial score (nSPS) is 20.3. The minimum atomic E-state index is -0.254. The Bertz CT molecular complexity index is 371. The third-order valence-electron chi connectivity index (χ3n) is 3.50. The van der Waals surface area contributed by atoms with Crippen LogP contribution in [-0.4, -0.2) is 30.6 Å². The maximum Gasteiger partial charge on any atom is 0.125 e. The molecule has 1 atom stereocenters. The Morgan fingerprint density at radius 2 is 2.28 bits per heavy atom. The highest BCUT2D eigenvalue weighted by Crippen LogP contribution is 2.18. The minimum Gasteiger partial charge on any atom is -0.315 e. The molecule has 0 saturated carbocycles. The van der Waals surface area contributed by atoms with Gasteiger partial charge in [0.15, 0.2) is 0 Å². The predicted octanol–water partition coefficient (Wildman–Crippen LogP) is 3.05. The third-order valence-corrected chi connectivity index (χ3v) is 3.72. The second kappa shape index (κ2) is 6.50. The molecule has 0 bridgehead atoms. The third kappa shape index (κ3) is 3.67. The molecule has 1 heterocycles. The lowest BCUT2D eigenvalue weighted by atomic mass is 10.0. The molecule has 1 aromatic carbocycles. The highest BCUT2D eigenvalue weighted by molar-refractivity contribution is 6.30. The largest absolute Gasteiger partial charge is 0.315 e. The Labute approximate surface area is 113 Å². The molecule has 1 aliphatic rings. The van der Waals surface area contributed by atoms with E-state index in [1.54, 1.807) is 6.07 Å². The van der Waals surface area contributed by atoms with Gasteiger partial charge in [-0.15, -0.1) is 0 Å². The van der Waals surface area contributed by atoms with Gasteiger partial charge in [-0.1, -0.05) is 18.5 Å². The van der Waals surface area contributed by atoms with E-state index in [4.69, 9.17) is 11.6 Å². The fourth-order valence-electron chi connectivity index (χ4n) is 2.58. The van der Waals surface area contributed by atoms with Crippen molar-refractivity contribution in [2.75, 3.05) is 19.6 Å². The molecule has 2 nitrogen and oxygen atoms in total. The highest BCUT2D eigenvalue weighted by atomic mass is 35.5. The number of piperidine rings is 1. The first-order valence-corrected chi connectivity index (χ1v) is 6.96. The summed E-state index contributed by atoms with van der Waals surface area (Å²) in [5.41, 5.74) is 0.951. The van der Waals surface area contributed by atoms with E-state index in [9.17, 15) is 4.39 Å². The van der Waals surface area contributed by atoms with Gasteiger partial charge in [-0.2, -0.15) is 0 Å². The Kier molecular flexibility index (Phi) is 4.98. The van der Waals surface area contributed by atoms with Gasteiger partial charge in [-0.3, -0.25) is 4.90 Å². The fourth-order valence-corrected chi connectivity index (χ4v) is 2.83. The summed E-state index contributed by atoms with van der Waals surface area (Å²) in [7, 11) is 0. The minimum absolute atomic E-state index is 0.254. The lowest BCUT2D eigenvalue weighted by Crippen LogP contribution is -2.45. The maximum absolute atomic E-state index is 13.3. The Balaban J connectivity index is 2.04. The summed E-state index contributed by atoms with van der Waals surface area (Å²) in [5.74, 6) is -0.254. The molecule has 18 heavy (non-hydrogen) atoms. The lowest BCUT2D eigenvalue weighted by molar-refractivity contribution is 0.166. The summed E-state index contributed by atoms with van der Waals surface area (Å²) < 4.78 is 13.3. The number of nitrogens with one attached hydrogen (secondary N) is 1. The van der Waals surface area contributed by atoms with Crippen LogP contribution in [0, 0.1) is 5.82 Å². The molecular weight excluding hydrogens is 251 g/mol. The van der Waals surface area contributed by atoms with Crippen LogP contribution in [0.25, 0.3) is 0 Å². The molecule has 1 unspecified atom stereocenters. The van der Waals surface area contributed by atoms with Crippen molar-refractivity contribution in [2.24, 2.45) is 0 Å². The zero-order chi connectivity index (χ0) is 13.0. The predicted molar refractivity (Wildman–Crippen MR) is 73.4 cm³/mol. The van der Waals surface area contributed by atoms with Crippen LogP contribution in [0.5, 0.6) is 0 Å². The van der Waals surface area contributed by atoms with Crippen molar-refractivity contribution in [1.29, 1.82) is 0 Å². The van der Waals surface area contributed by atoms with Gasteiger partial charge < -0.3 is 5.32 Å². The number of hydrogen-bond acceptors (Lipinski definition) is 2. The molecule has 0 aromatic heterocycles. The number of likely N-dealkylation sites (N-methyl/N-ethyl adjacent to an activating group) is 1.